The van der Waals surface area contributed by atoms with E-state index in [1.807, 2.05) is 13.8 Å². The standard InChI is InChI=1S/C20H37N3O3/c1-7-12-21-18(24)22(13-8-2)20(26)23(19(21)25)14-15(4)10-11-17(6)16(5)9-3/h15-17H,7-14H2,1-6H3/t15-,16-,17-/m1/s1. The largest absolute Gasteiger partial charge is 0.336 e. The van der Waals surface area contributed by atoms with Gasteiger partial charge in [0.2, 0.25) is 0 Å². The van der Waals surface area contributed by atoms with Gasteiger partial charge in [0.15, 0.2) is 0 Å². The van der Waals surface area contributed by atoms with Gasteiger partial charge >= 0.3 is 17.1 Å². The molecule has 0 bridgehead atoms. The van der Waals surface area contributed by atoms with E-state index in [0.717, 1.165) is 12.8 Å². The number of hydrogen-bond acceptors (Lipinski definition) is 3. The molecule has 0 N–H and O–H groups in total. The zero-order valence-corrected chi connectivity index (χ0v) is 17.5. The van der Waals surface area contributed by atoms with Crippen LogP contribution in [0.5, 0.6) is 0 Å². The molecule has 0 amide bonds. The molecule has 150 valence electrons. The van der Waals surface area contributed by atoms with Gasteiger partial charge in [-0.2, -0.15) is 0 Å². The minimum atomic E-state index is -0.474. The highest BCUT2D eigenvalue weighted by atomic mass is 16.2. The van der Waals surface area contributed by atoms with E-state index in [1.54, 1.807) is 0 Å². The van der Waals surface area contributed by atoms with Crippen molar-refractivity contribution in [3.05, 3.63) is 31.5 Å². The summed E-state index contributed by atoms with van der Waals surface area (Å²) in [6.45, 7) is 13.7. The van der Waals surface area contributed by atoms with Crippen molar-refractivity contribution in [2.24, 2.45) is 17.8 Å². The second-order valence-electron chi connectivity index (χ2n) is 7.81. The van der Waals surface area contributed by atoms with Gasteiger partial charge in [0.25, 0.3) is 0 Å². The second-order valence-corrected chi connectivity index (χ2v) is 7.81. The fraction of sp³-hybridized carbons (Fsp3) is 0.850. The van der Waals surface area contributed by atoms with Crippen molar-refractivity contribution in [1.29, 1.82) is 0 Å². The number of rotatable bonds is 11. The Kier molecular flexibility index (Phi) is 9.09. The molecule has 1 rings (SSSR count). The lowest BCUT2D eigenvalue weighted by Gasteiger charge is -2.21. The molecular weight excluding hydrogens is 330 g/mol. The summed E-state index contributed by atoms with van der Waals surface area (Å²) in [5.74, 6) is 1.53. The van der Waals surface area contributed by atoms with E-state index >= 15 is 0 Å². The first-order chi connectivity index (χ1) is 12.3. The van der Waals surface area contributed by atoms with Crippen LogP contribution in [0.1, 0.15) is 73.6 Å². The molecule has 0 aliphatic rings. The van der Waals surface area contributed by atoms with Crippen LogP contribution >= 0.6 is 0 Å². The summed E-state index contributed by atoms with van der Waals surface area (Å²) in [5, 5.41) is 0. The average Bonchev–Trinajstić information content (AvgIpc) is 2.63. The fourth-order valence-electron chi connectivity index (χ4n) is 3.31. The summed E-state index contributed by atoms with van der Waals surface area (Å²) in [6, 6.07) is 0. The molecule has 1 heterocycles. The quantitative estimate of drug-likeness (QED) is 0.604. The van der Waals surface area contributed by atoms with Crippen LogP contribution in [0, 0.1) is 17.8 Å². The van der Waals surface area contributed by atoms with Crippen molar-refractivity contribution in [3.63, 3.8) is 0 Å². The molecule has 6 heteroatoms. The molecule has 1 aromatic rings. The third kappa shape index (κ3) is 5.45. The maximum absolute atomic E-state index is 12.7. The summed E-state index contributed by atoms with van der Waals surface area (Å²) in [4.78, 5) is 37.9. The van der Waals surface area contributed by atoms with E-state index in [1.165, 1.54) is 20.1 Å². The first-order valence-electron chi connectivity index (χ1n) is 10.2. The second kappa shape index (κ2) is 10.5. The Morgan fingerprint density at radius 1 is 0.692 bits per heavy atom. The Bertz CT molecular complexity index is 685. The number of nitrogens with zero attached hydrogens (tertiary/aromatic N) is 3. The van der Waals surface area contributed by atoms with E-state index in [0.29, 0.717) is 44.3 Å². The smallest absolute Gasteiger partial charge is 0.247 e. The SMILES string of the molecule is CCCn1c(=O)n(CCC)c(=O)n(C[C@H](C)CC[C@@H](C)[C@H](C)CC)c1=O. The first kappa shape index (κ1) is 22.5. The van der Waals surface area contributed by atoms with E-state index in [4.69, 9.17) is 0 Å². The minimum absolute atomic E-state index is 0.217. The summed E-state index contributed by atoms with van der Waals surface area (Å²) < 4.78 is 3.70. The molecule has 0 aliphatic carbocycles. The van der Waals surface area contributed by atoms with Gasteiger partial charge in [-0.25, -0.2) is 28.1 Å². The van der Waals surface area contributed by atoms with Crippen molar-refractivity contribution in [2.45, 2.75) is 93.3 Å². The van der Waals surface area contributed by atoms with Gasteiger partial charge < -0.3 is 0 Å². The topological polar surface area (TPSA) is 66.0 Å². The number of hydrogen-bond donors (Lipinski definition) is 0. The molecule has 3 atom stereocenters. The molecule has 0 radical (unpaired) electrons. The molecule has 6 nitrogen and oxygen atoms in total. The van der Waals surface area contributed by atoms with Crippen LogP contribution < -0.4 is 17.1 Å². The van der Waals surface area contributed by atoms with Crippen molar-refractivity contribution >= 4 is 0 Å². The zero-order chi connectivity index (χ0) is 19.9. The molecule has 0 aromatic carbocycles. The van der Waals surface area contributed by atoms with Gasteiger partial charge in [0, 0.05) is 19.6 Å². The normalized spacial score (nSPS) is 15.0. The lowest BCUT2D eigenvalue weighted by atomic mass is 9.87. The van der Waals surface area contributed by atoms with Gasteiger partial charge in [-0.15, -0.1) is 0 Å². The van der Waals surface area contributed by atoms with Gasteiger partial charge in [-0.05, 0) is 37.0 Å². The zero-order valence-electron chi connectivity index (χ0n) is 17.5. The van der Waals surface area contributed by atoms with Crippen LogP contribution in [-0.4, -0.2) is 13.7 Å². The predicted molar refractivity (Wildman–Crippen MR) is 107 cm³/mol. The number of aromatic nitrogens is 3. The van der Waals surface area contributed by atoms with Crippen molar-refractivity contribution < 1.29 is 0 Å². The molecule has 0 unspecified atom stereocenters. The van der Waals surface area contributed by atoms with Crippen molar-refractivity contribution in [1.82, 2.24) is 13.7 Å². The molecule has 0 fully saturated rings. The molecule has 0 spiro atoms. The van der Waals surface area contributed by atoms with Crippen molar-refractivity contribution in [3.8, 4) is 0 Å². The van der Waals surface area contributed by atoms with E-state index in [2.05, 4.69) is 27.7 Å². The molecule has 0 aliphatic heterocycles. The Balaban J connectivity index is 3.10. The Morgan fingerprint density at radius 2 is 1.15 bits per heavy atom. The van der Waals surface area contributed by atoms with Crippen LogP contribution in [0.25, 0.3) is 0 Å². The molecule has 1 aromatic heterocycles. The van der Waals surface area contributed by atoms with Gasteiger partial charge in [0.05, 0.1) is 0 Å². The predicted octanol–water partition coefficient (Wildman–Crippen LogP) is 3.09. The van der Waals surface area contributed by atoms with Gasteiger partial charge in [-0.1, -0.05) is 54.4 Å². The fourth-order valence-corrected chi connectivity index (χ4v) is 3.31. The Hall–Kier alpha value is -1.59. The monoisotopic (exact) mass is 367 g/mol. The van der Waals surface area contributed by atoms with Crippen molar-refractivity contribution in [2.75, 3.05) is 0 Å². The third-order valence-corrected chi connectivity index (χ3v) is 5.50. The average molecular weight is 368 g/mol. The Morgan fingerprint density at radius 3 is 1.58 bits per heavy atom. The summed E-state index contributed by atoms with van der Waals surface area (Å²) in [5.41, 5.74) is -1.40. The first-order valence-corrected chi connectivity index (χ1v) is 10.2. The lowest BCUT2D eigenvalue weighted by Crippen LogP contribution is -2.55. The minimum Gasteiger partial charge on any atom is -0.247 e. The van der Waals surface area contributed by atoms with E-state index in [9.17, 15) is 14.4 Å². The molecule has 0 saturated carbocycles. The van der Waals surface area contributed by atoms with Gasteiger partial charge in [0.1, 0.15) is 0 Å². The highest BCUT2D eigenvalue weighted by Gasteiger charge is 2.18. The van der Waals surface area contributed by atoms with Crippen LogP contribution in [0.3, 0.4) is 0 Å². The van der Waals surface area contributed by atoms with E-state index < -0.39 is 17.1 Å². The summed E-state index contributed by atoms with van der Waals surface area (Å²) in [6.07, 6.45) is 4.59. The molecule has 26 heavy (non-hydrogen) atoms. The van der Waals surface area contributed by atoms with Crippen LogP contribution in [0.15, 0.2) is 14.4 Å². The highest BCUT2D eigenvalue weighted by Crippen LogP contribution is 2.22. The van der Waals surface area contributed by atoms with Crippen LogP contribution in [-0.2, 0) is 19.6 Å². The lowest BCUT2D eigenvalue weighted by molar-refractivity contribution is 0.304. The van der Waals surface area contributed by atoms with Crippen LogP contribution in [0.2, 0.25) is 0 Å². The van der Waals surface area contributed by atoms with Crippen LogP contribution in [0.4, 0.5) is 0 Å². The summed E-state index contributed by atoms with van der Waals surface area (Å²) in [7, 11) is 0. The third-order valence-electron chi connectivity index (χ3n) is 5.50. The van der Waals surface area contributed by atoms with E-state index in [-0.39, 0.29) is 5.92 Å². The van der Waals surface area contributed by atoms with Gasteiger partial charge in [-0.3, -0.25) is 0 Å². The summed E-state index contributed by atoms with van der Waals surface area (Å²) >= 11 is 0. The highest BCUT2D eigenvalue weighted by molar-refractivity contribution is 4.80. The molecule has 0 saturated heterocycles. The maximum atomic E-state index is 12.7. The Labute approximate surface area is 156 Å². The maximum Gasteiger partial charge on any atom is 0.336 e. The molecular formula is C20H37N3O3.